The molecule has 32 heavy (non-hydrogen) atoms. The molecule has 0 aliphatic carbocycles. The largest absolute Gasteiger partial charge is 0.366 e. The van der Waals surface area contributed by atoms with Gasteiger partial charge in [0.15, 0.2) is 0 Å². The topological polar surface area (TPSA) is 108 Å². The van der Waals surface area contributed by atoms with E-state index >= 15 is 0 Å². The van der Waals surface area contributed by atoms with Crippen molar-refractivity contribution in [1.82, 2.24) is 14.6 Å². The Bertz CT molecular complexity index is 1220. The predicted octanol–water partition coefficient (Wildman–Crippen LogP) is 3.18. The van der Waals surface area contributed by atoms with Gasteiger partial charge >= 0.3 is 0 Å². The molecule has 1 fully saturated rings. The molecule has 1 aliphatic rings. The zero-order chi connectivity index (χ0) is 22.9. The number of nitrogens with two attached hydrogens (primary N) is 1. The molecule has 1 aromatic heterocycles. The number of benzene rings is 2. The van der Waals surface area contributed by atoms with Crippen molar-refractivity contribution in [2.75, 3.05) is 25.9 Å². The smallest absolute Gasteiger partial charge is 0.250 e. The molecule has 0 bridgehead atoms. The summed E-state index contributed by atoms with van der Waals surface area (Å²) in [5, 5.41) is 4.12. The van der Waals surface area contributed by atoms with Gasteiger partial charge in [0, 0.05) is 31.2 Å². The third kappa shape index (κ3) is 4.30. The first-order valence-electron chi connectivity index (χ1n) is 11.0. The molecule has 4 rings (SSSR count). The van der Waals surface area contributed by atoms with Crippen LogP contribution in [0, 0.1) is 0 Å². The second kappa shape index (κ2) is 9.05. The summed E-state index contributed by atoms with van der Waals surface area (Å²) in [7, 11) is -1.25. The molecule has 1 aliphatic heterocycles. The van der Waals surface area contributed by atoms with Crippen molar-refractivity contribution in [3.63, 3.8) is 0 Å². The van der Waals surface area contributed by atoms with E-state index in [1.807, 2.05) is 19.3 Å². The second-order valence-corrected chi connectivity index (χ2v) is 10.6. The Morgan fingerprint density at radius 3 is 2.44 bits per heavy atom. The highest BCUT2D eigenvalue weighted by molar-refractivity contribution is 7.89. The Balaban J connectivity index is 1.70. The molecule has 4 N–H and O–H groups in total. The lowest BCUT2D eigenvalue weighted by Gasteiger charge is -2.31. The Labute approximate surface area is 189 Å². The lowest BCUT2D eigenvalue weighted by atomic mass is 9.88. The first kappa shape index (κ1) is 22.5. The standard InChI is InChI=1S/C24H30N4O3S/c1-3-32(30,31)28-10-8-18(9-11-28)22-15-27-23-20(22)12-19(13-21(23)24(25)29)17-6-4-16(5-7-17)14-26-2/h4-7,12-13,15,18,26-27H,3,8-11,14H2,1-2H3,(H2,25,29). The maximum Gasteiger partial charge on any atom is 0.250 e. The van der Waals surface area contributed by atoms with Gasteiger partial charge in [0.25, 0.3) is 5.91 Å². The Kier molecular flexibility index (Phi) is 6.37. The molecule has 7 nitrogen and oxygen atoms in total. The van der Waals surface area contributed by atoms with E-state index in [1.54, 1.807) is 11.2 Å². The summed E-state index contributed by atoms with van der Waals surface area (Å²) in [6, 6.07) is 12.2. The molecule has 1 saturated heterocycles. The van der Waals surface area contributed by atoms with Crippen molar-refractivity contribution >= 4 is 26.8 Å². The fourth-order valence-corrected chi connectivity index (χ4v) is 5.73. The van der Waals surface area contributed by atoms with Crippen LogP contribution in [0.1, 0.15) is 47.2 Å². The minimum Gasteiger partial charge on any atom is -0.366 e. The van der Waals surface area contributed by atoms with Gasteiger partial charge in [-0.15, -0.1) is 0 Å². The average molecular weight is 455 g/mol. The van der Waals surface area contributed by atoms with Crippen molar-refractivity contribution in [3.8, 4) is 11.1 Å². The fourth-order valence-electron chi connectivity index (χ4n) is 4.60. The van der Waals surface area contributed by atoms with Crippen molar-refractivity contribution < 1.29 is 13.2 Å². The molecular weight excluding hydrogens is 424 g/mol. The van der Waals surface area contributed by atoms with E-state index in [4.69, 9.17) is 5.73 Å². The number of carbonyl (C=O) groups excluding carboxylic acids is 1. The number of aromatic amines is 1. The number of fused-ring (bicyclic) bond motifs is 1. The molecule has 0 atom stereocenters. The number of amides is 1. The fraction of sp³-hybridized carbons (Fsp3) is 0.375. The van der Waals surface area contributed by atoms with E-state index in [2.05, 4.69) is 40.6 Å². The van der Waals surface area contributed by atoms with E-state index in [9.17, 15) is 13.2 Å². The lowest BCUT2D eigenvalue weighted by molar-refractivity contribution is 0.100. The maximum absolute atomic E-state index is 12.2. The van der Waals surface area contributed by atoms with Gasteiger partial charge in [-0.25, -0.2) is 12.7 Å². The van der Waals surface area contributed by atoms with E-state index < -0.39 is 15.9 Å². The number of hydrogen-bond donors (Lipinski definition) is 3. The average Bonchev–Trinajstić information content (AvgIpc) is 3.23. The minimum atomic E-state index is -3.16. The van der Waals surface area contributed by atoms with Gasteiger partial charge < -0.3 is 16.0 Å². The van der Waals surface area contributed by atoms with Gasteiger partial charge in [0.1, 0.15) is 0 Å². The number of nitrogens with zero attached hydrogens (tertiary/aromatic N) is 1. The van der Waals surface area contributed by atoms with Crippen LogP contribution in [-0.4, -0.2) is 49.5 Å². The molecule has 2 aromatic carbocycles. The molecule has 1 amide bonds. The molecule has 0 spiro atoms. The third-order valence-electron chi connectivity index (χ3n) is 6.41. The summed E-state index contributed by atoms with van der Waals surface area (Å²) in [5.41, 5.74) is 11.2. The number of H-pyrrole nitrogens is 1. The summed E-state index contributed by atoms with van der Waals surface area (Å²) in [6.45, 7) is 3.51. The quantitative estimate of drug-likeness (QED) is 0.509. The molecular formula is C24H30N4O3S. The zero-order valence-electron chi connectivity index (χ0n) is 18.5. The Hall–Kier alpha value is -2.68. The van der Waals surface area contributed by atoms with Gasteiger partial charge in [-0.2, -0.15) is 0 Å². The number of hydrogen-bond acceptors (Lipinski definition) is 4. The van der Waals surface area contributed by atoms with Gasteiger partial charge in [0.2, 0.25) is 10.0 Å². The maximum atomic E-state index is 12.2. The molecule has 0 unspecified atom stereocenters. The molecule has 0 radical (unpaired) electrons. The van der Waals surface area contributed by atoms with Crippen molar-refractivity contribution in [2.45, 2.75) is 32.2 Å². The number of rotatable bonds is 7. The Morgan fingerprint density at radius 2 is 1.84 bits per heavy atom. The van der Waals surface area contributed by atoms with Crippen LogP contribution >= 0.6 is 0 Å². The van der Waals surface area contributed by atoms with E-state index in [0.29, 0.717) is 18.7 Å². The highest BCUT2D eigenvalue weighted by Gasteiger charge is 2.29. The molecule has 0 saturated carbocycles. The molecule has 170 valence electrons. The summed E-state index contributed by atoms with van der Waals surface area (Å²) in [6.07, 6.45) is 3.45. The summed E-state index contributed by atoms with van der Waals surface area (Å²) >= 11 is 0. The van der Waals surface area contributed by atoms with E-state index in [-0.39, 0.29) is 11.7 Å². The summed E-state index contributed by atoms with van der Waals surface area (Å²) < 4.78 is 26.0. The van der Waals surface area contributed by atoms with Gasteiger partial charge in [-0.1, -0.05) is 24.3 Å². The van der Waals surface area contributed by atoms with Crippen LogP contribution < -0.4 is 11.1 Å². The first-order chi connectivity index (χ1) is 15.3. The number of piperidine rings is 1. The number of primary amides is 1. The highest BCUT2D eigenvalue weighted by atomic mass is 32.2. The normalized spacial score (nSPS) is 15.9. The van der Waals surface area contributed by atoms with Crippen LogP contribution in [0.2, 0.25) is 0 Å². The van der Waals surface area contributed by atoms with Crippen LogP contribution in [-0.2, 0) is 16.6 Å². The number of aromatic nitrogens is 1. The third-order valence-corrected chi connectivity index (χ3v) is 8.29. The number of nitrogens with one attached hydrogen (secondary N) is 2. The number of sulfonamides is 1. The van der Waals surface area contributed by atoms with Crippen molar-refractivity contribution in [3.05, 3.63) is 59.3 Å². The van der Waals surface area contributed by atoms with E-state index in [0.717, 1.165) is 47.0 Å². The zero-order valence-corrected chi connectivity index (χ0v) is 19.3. The van der Waals surface area contributed by atoms with Crippen LogP contribution in [0.5, 0.6) is 0 Å². The van der Waals surface area contributed by atoms with E-state index in [1.165, 1.54) is 5.56 Å². The van der Waals surface area contributed by atoms with Crippen LogP contribution in [0.15, 0.2) is 42.6 Å². The van der Waals surface area contributed by atoms with Crippen molar-refractivity contribution in [1.29, 1.82) is 0 Å². The highest BCUT2D eigenvalue weighted by Crippen LogP contribution is 2.37. The summed E-state index contributed by atoms with van der Waals surface area (Å²) in [4.78, 5) is 15.5. The first-order valence-corrected chi connectivity index (χ1v) is 12.6. The van der Waals surface area contributed by atoms with Crippen LogP contribution in [0.3, 0.4) is 0 Å². The second-order valence-electron chi connectivity index (χ2n) is 8.36. The number of carbonyl (C=O) groups is 1. The molecule has 3 aromatic rings. The van der Waals surface area contributed by atoms with Crippen LogP contribution in [0.25, 0.3) is 22.0 Å². The molecule has 2 heterocycles. The van der Waals surface area contributed by atoms with Gasteiger partial charge in [0.05, 0.1) is 16.8 Å². The SMILES string of the molecule is CCS(=O)(=O)N1CCC(c2c[nH]c3c(C(N)=O)cc(-c4ccc(CNC)cc4)cc23)CC1. The minimum absolute atomic E-state index is 0.128. The molecule has 8 heteroatoms. The van der Waals surface area contributed by atoms with Crippen LogP contribution in [0.4, 0.5) is 0 Å². The summed E-state index contributed by atoms with van der Waals surface area (Å²) in [5.74, 6) is -0.120. The monoisotopic (exact) mass is 454 g/mol. The van der Waals surface area contributed by atoms with Gasteiger partial charge in [-0.3, -0.25) is 4.79 Å². The lowest BCUT2D eigenvalue weighted by Crippen LogP contribution is -2.38. The predicted molar refractivity (Wildman–Crippen MR) is 128 cm³/mol. The Morgan fingerprint density at radius 1 is 1.16 bits per heavy atom. The van der Waals surface area contributed by atoms with Crippen molar-refractivity contribution in [2.24, 2.45) is 5.73 Å². The van der Waals surface area contributed by atoms with Gasteiger partial charge in [-0.05, 0) is 67.1 Å².